The zero-order valence-electron chi connectivity index (χ0n) is 22.9. The fourth-order valence-corrected chi connectivity index (χ4v) is 10.4. The second-order valence-corrected chi connectivity index (χ2v) is 15.1. The van der Waals surface area contributed by atoms with Crippen LogP contribution in [0.1, 0.15) is 93.4 Å². The summed E-state index contributed by atoms with van der Waals surface area (Å²) in [7, 11) is 0. The summed E-state index contributed by atoms with van der Waals surface area (Å²) in [5, 5.41) is 46.0. The molecule has 0 saturated heterocycles. The predicted octanol–water partition coefficient (Wildman–Crippen LogP) is 4.26. The molecule has 0 spiro atoms. The second-order valence-electron chi connectivity index (χ2n) is 15.1. The van der Waals surface area contributed by atoms with E-state index in [9.17, 15) is 25.2 Å². The maximum atomic E-state index is 13.0. The normalized spacial score (nSPS) is 57.3. The first-order valence-electron chi connectivity index (χ1n) is 13.9. The molecule has 0 heterocycles. The lowest BCUT2D eigenvalue weighted by Gasteiger charge is -2.73. The van der Waals surface area contributed by atoms with Crippen molar-refractivity contribution < 1.29 is 25.2 Å². The smallest absolute Gasteiger partial charge is 0.141 e. The Bertz CT molecular complexity index is 956. The van der Waals surface area contributed by atoms with Gasteiger partial charge in [0.05, 0.1) is 30.3 Å². The van der Waals surface area contributed by atoms with Gasteiger partial charge in [-0.1, -0.05) is 60.1 Å². The number of fused-ring (bicyclic) bond motifs is 7. The van der Waals surface area contributed by atoms with Crippen LogP contribution in [0.4, 0.5) is 0 Å². The Morgan fingerprint density at radius 1 is 0.886 bits per heavy atom. The van der Waals surface area contributed by atoms with E-state index in [-0.39, 0.29) is 46.4 Å². The molecule has 0 radical (unpaired) electrons. The molecule has 0 aromatic carbocycles. The molecule has 0 amide bonds. The van der Waals surface area contributed by atoms with Crippen molar-refractivity contribution in [3.63, 3.8) is 0 Å². The Hall–Kier alpha value is -0.750. The van der Waals surface area contributed by atoms with Crippen molar-refractivity contribution in [3.8, 4) is 0 Å². The van der Waals surface area contributed by atoms with Crippen LogP contribution in [-0.4, -0.2) is 51.1 Å². The molecule has 0 aliphatic heterocycles. The number of aliphatic hydroxyl groups is 4. The van der Waals surface area contributed by atoms with Crippen molar-refractivity contribution >= 4 is 5.78 Å². The molecule has 5 rings (SSSR count). The largest absolute Gasteiger partial charge is 0.395 e. The van der Waals surface area contributed by atoms with Gasteiger partial charge in [0.15, 0.2) is 0 Å². The van der Waals surface area contributed by atoms with Crippen LogP contribution in [0.2, 0.25) is 0 Å². The van der Waals surface area contributed by atoms with Gasteiger partial charge in [-0.25, -0.2) is 0 Å². The average Bonchev–Trinajstić information content (AvgIpc) is 2.80. The molecule has 11 atom stereocenters. The average molecular weight is 489 g/mol. The Balaban J connectivity index is 1.68. The lowest BCUT2D eigenvalue weighted by molar-refractivity contribution is -0.270. The third-order valence-electron chi connectivity index (χ3n) is 13.2. The zero-order valence-corrected chi connectivity index (χ0v) is 22.9. The number of ketones is 1. The van der Waals surface area contributed by atoms with E-state index in [2.05, 4.69) is 47.6 Å². The maximum absolute atomic E-state index is 13.0. The highest BCUT2D eigenvalue weighted by molar-refractivity contribution is 5.86. The van der Waals surface area contributed by atoms with Crippen molar-refractivity contribution in [1.82, 2.24) is 0 Å². The monoisotopic (exact) mass is 488 g/mol. The first-order chi connectivity index (χ1) is 16.0. The number of carbonyl (C=O) groups excluding carboxylic acids is 1. The van der Waals surface area contributed by atoms with Gasteiger partial charge in [-0.3, -0.25) is 4.79 Å². The van der Waals surface area contributed by atoms with Crippen LogP contribution in [0.5, 0.6) is 0 Å². The molecule has 4 saturated carbocycles. The maximum Gasteiger partial charge on any atom is 0.141 e. The lowest BCUT2D eigenvalue weighted by Crippen LogP contribution is -2.74. The van der Waals surface area contributed by atoms with E-state index in [1.54, 1.807) is 0 Å². The molecule has 5 heteroatoms. The molecule has 5 nitrogen and oxygen atoms in total. The number of carbonyl (C=O) groups is 1. The number of hydrogen-bond acceptors (Lipinski definition) is 5. The molecule has 198 valence electrons. The van der Waals surface area contributed by atoms with E-state index in [1.807, 2.05) is 6.92 Å². The second kappa shape index (κ2) is 7.42. The molecular formula is C30H48O5. The summed E-state index contributed by atoms with van der Waals surface area (Å²) in [5.74, 6) is 0.197. The first-order valence-corrected chi connectivity index (χ1v) is 13.9. The van der Waals surface area contributed by atoms with E-state index in [1.165, 1.54) is 5.57 Å². The van der Waals surface area contributed by atoms with Crippen LogP contribution >= 0.6 is 0 Å². The number of Topliss-reactive ketones (excluding diaryl/α,β-unsaturated/α-hetero) is 1. The van der Waals surface area contributed by atoms with E-state index in [0.29, 0.717) is 12.8 Å². The first kappa shape index (κ1) is 25.9. The summed E-state index contributed by atoms with van der Waals surface area (Å²) in [5.41, 5.74) is -1.48. The number of rotatable bonds is 1. The third kappa shape index (κ3) is 2.88. The van der Waals surface area contributed by atoms with E-state index >= 15 is 0 Å². The molecular weight excluding hydrogens is 440 g/mol. The molecule has 5 aliphatic carbocycles. The number of hydrogen-bond donors (Lipinski definition) is 4. The van der Waals surface area contributed by atoms with E-state index < -0.39 is 34.6 Å². The Morgan fingerprint density at radius 2 is 1.54 bits per heavy atom. The standard InChI is InChI=1S/C30H48O5/c1-25(2)12-13-26(3)18(15-25)17-8-9-19-27(4)11-10-21(32)28(5,16-31)20(27)14-22(33)30(19,7)29(17,6)24(35)23(26)34/h8,18-20,22-24,31,33-35H,9-16H2,1-7H3/t18?,19?,20?,22?,23?,24?,26-,27+,28-,29-,30-/m0/s1. The van der Waals surface area contributed by atoms with E-state index in [4.69, 9.17) is 0 Å². The minimum atomic E-state index is -0.965. The summed E-state index contributed by atoms with van der Waals surface area (Å²) in [6.45, 7) is 15.0. The fourth-order valence-electron chi connectivity index (χ4n) is 10.4. The van der Waals surface area contributed by atoms with Crippen LogP contribution in [0.3, 0.4) is 0 Å². The summed E-state index contributed by atoms with van der Waals surface area (Å²) in [4.78, 5) is 13.0. The minimum absolute atomic E-state index is 0.0410. The predicted molar refractivity (Wildman–Crippen MR) is 135 cm³/mol. The van der Waals surface area contributed by atoms with Crippen molar-refractivity contribution in [2.24, 2.45) is 50.2 Å². The summed E-state index contributed by atoms with van der Waals surface area (Å²) >= 11 is 0. The Kier molecular flexibility index (Phi) is 5.49. The third-order valence-corrected chi connectivity index (χ3v) is 13.2. The quantitative estimate of drug-likeness (QED) is 0.414. The van der Waals surface area contributed by atoms with Crippen molar-refractivity contribution in [2.75, 3.05) is 6.61 Å². The van der Waals surface area contributed by atoms with Crippen LogP contribution in [0, 0.1) is 50.2 Å². The zero-order chi connectivity index (χ0) is 26.0. The molecule has 0 bridgehead atoms. The molecule has 6 unspecified atom stereocenters. The van der Waals surface area contributed by atoms with Crippen LogP contribution in [-0.2, 0) is 4.79 Å². The highest BCUT2D eigenvalue weighted by Crippen LogP contribution is 2.75. The molecule has 4 N–H and O–H groups in total. The van der Waals surface area contributed by atoms with Gasteiger partial charge in [0.2, 0.25) is 0 Å². The van der Waals surface area contributed by atoms with E-state index in [0.717, 1.165) is 32.1 Å². The highest BCUT2D eigenvalue weighted by atomic mass is 16.3. The minimum Gasteiger partial charge on any atom is -0.395 e. The molecule has 35 heavy (non-hydrogen) atoms. The van der Waals surface area contributed by atoms with Crippen LogP contribution in [0.15, 0.2) is 11.6 Å². The van der Waals surface area contributed by atoms with Crippen molar-refractivity contribution in [3.05, 3.63) is 11.6 Å². The Labute approximate surface area is 211 Å². The van der Waals surface area contributed by atoms with Gasteiger partial charge in [0.25, 0.3) is 0 Å². The summed E-state index contributed by atoms with van der Waals surface area (Å²) < 4.78 is 0. The molecule has 0 aromatic heterocycles. The fraction of sp³-hybridized carbons (Fsp3) is 0.900. The van der Waals surface area contributed by atoms with Gasteiger partial charge in [0, 0.05) is 22.7 Å². The molecule has 4 fully saturated rings. The van der Waals surface area contributed by atoms with Gasteiger partial charge in [-0.2, -0.15) is 0 Å². The van der Waals surface area contributed by atoms with Crippen molar-refractivity contribution in [1.29, 1.82) is 0 Å². The molecule has 0 aromatic rings. The molecule has 5 aliphatic rings. The van der Waals surface area contributed by atoms with Gasteiger partial charge in [-0.05, 0) is 67.1 Å². The number of allylic oxidation sites excluding steroid dienone is 1. The highest BCUT2D eigenvalue weighted by Gasteiger charge is 2.74. The topological polar surface area (TPSA) is 98.0 Å². The Morgan fingerprint density at radius 3 is 2.17 bits per heavy atom. The summed E-state index contributed by atoms with van der Waals surface area (Å²) in [6.07, 6.45) is 5.12. The van der Waals surface area contributed by atoms with Gasteiger partial charge < -0.3 is 20.4 Å². The number of aliphatic hydroxyl groups excluding tert-OH is 4. The summed E-state index contributed by atoms with van der Waals surface area (Å²) in [6, 6.07) is 0. The van der Waals surface area contributed by atoms with Crippen LogP contribution < -0.4 is 0 Å². The van der Waals surface area contributed by atoms with Gasteiger partial charge >= 0.3 is 0 Å². The lowest BCUT2D eigenvalue weighted by atomic mass is 9.32. The van der Waals surface area contributed by atoms with Gasteiger partial charge in [0.1, 0.15) is 5.78 Å². The van der Waals surface area contributed by atoms with Crippen LogP contribution in [0.25, 0.3) is 0 Å². The van der Waals surface area contributed by atoms with Gasteiger partial charge in [-0.15, -0.1) is 0 Å². The van der Waals surface area contributed by atoms with Crippen molar-refractivity contribution in [2.45, 2.75) is 112 Å². The SMILES string of the molecule is CC1(C)CC[C@@]2(C)C(C1)C1=CCC3[C@@]4(C)CCC(=O)[C@@](C)(CO)C4CC(O)[C@@]3(C)[C@]1(C)C(O)C2O.